The van der Waals surface area contributed by atoms with Crippen LogP contribution in [0.5, 0.6) is 0 Å². The Morgan fingerprint density at radius 3 is 1.69 bits per heavy atom. The van der Waals surface area contributed by atoms with Gasteiger partial charge in [-0.1, -0.05) is 0 Å². The molecule has 0 aliphatic rings. The van der Waals surface area contributed by atoms with Crippen molar-refractivity contribution in [2.45, 2.75) is 33.6 Å². The molecule has 0 heterocycles. The molecule has 0 aromatic carbocycles. The van der Waals surface area contributed by atoms with Crippen molar-refractivity contribution in [1.29, 1.82) is 0 Å². The average molecular weight is 207 g/mol. The van der Waals surface area contributed by atoms with Gasteiger partial charge in [0, 0.05) is 0 Å². The van der Waals surface area contributed by atoms with Gasteiger partial charge in [0.15, 0.2) is 0 Å². The summed E-state index contributed by atoms with van der Waals surface area (Å²) in [6, 6.07) is 0. The molecule has 0 saturated carbocycles. The monoisotopic (exact) mass is 207 g/mol. The molecule has 0 bridgehead atoms. The summed E-state index contributed by atoms with van der Waals surface area (Å²) >= 11 is 4.23. The zero-order valence-corrected chi connectivity index (χ0v) is 10.2. The van der Waals surface area contributed by atoms with Crippen LogP contribution in [-0.2, 0) is 0 Å². The molecular formula is C10H25NOS. The van der Waals surface area contributed by atoms with Crippen LogP contribution < -0.4 is 0 Å². The van der Waals surface area contributed by atoms with Gasteiger partial charge in [0.25, 0.3) is 0 Å². The Bertz CT molecular complexity index is 96.8. The minimum absolute atomic E-state index is 0. The summed E-state index contributed by atoms with van der Waals surface area (Å²) in [5.74, 6) is 1.04. The molecule has 0 aliphatic carbocycles. The van der Waals surface area contributed by atoms with Crippen molar-refractivity contribution in [2.24, 2.45) is 0 Å². The van der Waals surface area contributed by atoms with Crippen molar-refractivity contribution >= 4 is 12.6 Å². The maximum Gasteiger partial charge on any atom is 0.0786 e. The van der Waals surface area contributed by atoms with E-state index in [1.807, 2.05) is 0 Å². The molecule has 0 rings (SSSR count). The highest BCUT2D eigenvalue weighted by Gasteiger charge is 2.18. The maximum atomic E-state index is 4.23. The predicted molar refractivity (Wildman–Crippen MR) is 61.8 cm³/mol. The molecule has 82 valence electrons. The molecule has 0 aromatic rings. The molecule has 0 spiro atoms. The summed E-state index contributed by atoms with van der Waals surface area (Å²) in [6.07, 6.45) is 2.60. The minimum Gasteiger partial charge on any atom is -0.870 e. The number of hydrogen-bond donors (Lipinski definition) is 1. The topological polar surface area (TPSA) is 30.0 Å². The highest BCUT2D eigenvalue weighted by Crippen LogP contribution is 2.08. The fourth-order valence-corrected chi connectivity index (χ4v) is 1.93. The number of quaternary nitrogens is 1. The van der Waals surface area contributed by atoms with Crippen LogP contribution in [0.2, 0.25) is 0 Å². The van der Waals surface area contributed by atoms with Gasteiger partial charge in [-0.2, -0.15) is 12.6 Å². The van der Waals surface area contributed by atoms with Gasteiger partial charge in [0.1, 0.15) is 0 Å². The molecular weight excluding hydrogens is 182 g/mol. The highest BCUT2D eigenvalue weighted by molar-refractivity contribution is 7.80. The van der Waals surface area contributed by atoms with E-state index in [2.05, 4.69) is 33.4 Å². The lowest BCUT2D eigenvalue weighted by molar-refractivity contribution is -0.923. The third kappa shape index (κ3) is 5.55. The number of hydrogen-bond acceptors (Lipinski definition) is 2. The van der Waals surface area contributed by atoms with Crippen molar-refractivity contribution in [3.05, 3.63) is 0 Å². The van der Waals surface area contributed by atoms with Gasteiger partial charge in [0.2, 0.25) is 0 Å². The molecule has 0 radical (unpaired) electrons. The van der Waals surface area contributed by atoms with Crippen LogP contribution >= 0.6 is 12.6 Å². The lowest BCUT2D eigenvalue weighted by Gasteiger charge is -2.35. The SMILES string of the molecule is CC[N+](CC)(CC)CCCCS.[OH-]. The van der Waals surface area contributed by atoms with Gasteiger partial charge in [-0.3, -0.25) is 0 Å². The third-order valence-corrected chi connectivity index (χ3v) is 3.37. The average Bonchev–Trinajstić information content (AvgIpc) is 2.14. The molecule has 3 heteroatoms. The Balaban J connectivity index is 0. The van der Waals surface area contributed by atoms with Crippen LogP contribution in [0.1, 0.15) is 33.6 Å². The Morgan fingerprint density at radius 1 is 0.923 bits per heavy atom. The molecule has 2 nitrogen and oxygen atoms in total. The highest BCUT2D eigenvalue weighted by atomic mass is 32.1. The maximum absolute atomic E-state index is 4.23. The Hall–Kier alpha value is 0.270. The molecule has 0 amide bonds. The van der Waals surface area contributed by atoms with Crippen LogP contribution in [0.3, 0.4) is 0 Å². The van der Waals surface area contributed by atoms with E-state index in [4.69, 9.17) is 0 Å². The molecule has 13 heavy (non-hydrogen) atoms. The Morgan fingerprint density at radius 2 is 1.38 bits per heavy atom. The van der Waals surface area contributed by atoms with Crippen LogP contribution in [0.25, 0.3) is 0 Å². The largest absolute Gasteiger partial charge is 0.870 e. The van der Waals surface area contributed by atoms with Crippen molar-refractivity contribution in [1.82, 2.24) is 0 Å². The lowest BCUT2D eigenvalue weighted by Crippen LogP contribution is -2.48. The van der Waals surface area contributed by atoms with Gasteiger partial charge in [0.05, 0.1) is 26.2 Å². The summed E-state index contributed by atoms with van der Waals surface area (Å²) < 4.78 is 1.29. The van der Waals surface area contributed by atoms with E-state index in [9.17, 15) is 0 Å². The van der Waals surface area contributed by atoms with Crippen LogP contribution in [-0.4, -0.2) is 41.9 Å². The van der Waals surface area contributed by atoms with E-state index in [0.717, 1.165) is 5.75 Å². The van der Waals surface area contributed by atoms with Gasteiger partial charge in [-0.25, -0.2) is 0 Å². The van der Waals surface area contributed by atoms with Gasteiger partial charge in [-0.15, -0.1) is 0 Å². The van der Waals surface area contributed by atoms with E-state index in [1.165, 1.54) is 43.5 Å². The number of unbranched alkanes of at least 4 members (excludes halogenated alkanes) is 1. The minimum atomic E-state index is 0. The second-order valence-electron chi connectivity index (χ2n) is 3.44. The predicted octanol–water partition coefficient (Wildman–Crippen LogP) is 2.40. The molecule has 0 aromatic heterocycles. The van der Waals surface area contributed by atoms with Gasteiger partial charge in [-0.05, 0) is 39.4 Å². The van der Waals surface area contributed by atoms with Crippen LogP contribution in [0.4, 0.5) is 0 Å². The summed E-state index contributed by atoms with van der Waals surface area (Å²) in [6.45, 7) is 12.1. The summed E-state index contributed by atoms with van der Waals surface area (Å²) in [5, 5.41) is 0. The van der Waals surface area contributed by atoms with Gasteiger partial charge >= 0.3 is 0 Å². The normalized spacial score (nSPS) is 11.1. The van der Waals surface area contributed by atoms with E-state index < -0.39 is 0 Å². The van der Waals surface area contributed by atoms with Crippen molar-refractivity contribution in [3.8, 4) is 0 Å². The zero-order valence-electron chi connectivity index (χ0n) is 9.29. The fraction of sp³-hybridized carbons (Fsp3) is 1.00. The van der Waals surface area contributed by atoms with Gasteiger partial charge < -0.3 is 9.96 Å². The van der Waals surface area contributed by atoms with E-state index in [1.54, 1.807) is 0 Å². The Kier molecular flexibility index (Phi) is 10.7. The summed E-state index contributed by atoms with van der Waals surface area (Å²) in [4.78, 5) is 0. The fourth-order valence-electron chi connectivity index (χ4n) is 1.70. The molecule has 1 N–H and O–H groups in total. The lowest BCUT2D eigenvalue weighted by atomic mass is 10.2. The first-order chi connectivity index (χ1) is 5.74. The van der Waals surface area contributed by atoms with E-state index in [-0.39, 0.29) is 5.48 Å². The zero-order chi connectivity index (χ0) is 9.45. The number of rotatable bonds is 7. The molecule has 0 saturated heterocycles. The molecule has 0 atom stereocenters. The quantitative estimate of drug-likeness (QED) is 0.388. The first-order valence-corrected chi connectivity index (χ1v) is 5.83. The Labute approximate surface area is 88.6 Å². The second-order valence-corrected chi connectivity index (χ2v) is 3.89. The van der Waals surface area contributed by atoms with Crippen LogP contribution in [0.15, 0.2) is 0 Å². The molecule has 0 aliphatic heterocycles. The van der Waals surface area contributed by atoms with Crippen molar-refractivity contribution < 1.29 is 9.96 Å². The number of nitrogens with zero attached hydrogens (tertiary/aromatic N) is 1. The third-order valence-electron chi connectivity index (χ3n) is 3.05. The summed E-state index contributed by atoms with van der Waals surface area (Å²) in [7, 11) is 0. The number of thiol groups is 1. The smallest absolute Gasteiger partial charge is 0.0786 e. The van der Waals surface area contributed by atoms with E-state index >= 15 is 0 Å². The van der Waals surface area contributed by atoms with Crippen LogP contribution in [0, 0.1) is 0 Å². The second kappa shape index (κ2) is 8.85. The van der Waals surface area contributed by atoms with Crippen molar-refractivity contribution in [2.75, 3.05) is 31.9 Å². The standard InChI is InChI=1S/C10H23NS.H2O/c1-4-11(5-2,6-3)9-7-8-10-12;/h4-10H2,1-3H3;1H2. The first-order valence-electron chi connectivity index (χ1n) is 5.20. The molecule has 0 unspecified atom stereocenters. The van der Waals surface area contributed by atoms with Crippen molar-refractivity contribution in [3.63, 3.8) is 0 Å². The van der Waals surface area contributed by atoms with E-state index in [0.29, 0.717) is 0 Å². The first kappa shape index (κ1) is 15.7. The molecule has 0 fully saturated rings. The summed E-state index contributed by atoms with van der Waals surface area (Å²) in [5.41, 5.74) is 0.